The van der Waals surface area contributed by atoms with E-state index in [2.05, 4.69) is 6.07 Å². The molecule has 0 radical (unpaired) electrons. The summed E-state index contributed by atoms with van der Waals surface area (Å²) in [5.41, 5.74) is 2.47. The monoisotopic (exact) mass is 302 g/mol. The molecule has 0 fully saturated rings. The Kier molecular flexibility index (Phi) is 4.47. The van der Waals surface area contributed by atoms with Gasteiger partial charge >= 0.3 is 0 Å². The standard InChI is InChI=1S/C18H19ClO2/c19-16-7-5-13(6-8-16)9-14(12-20)10-17-11-15-3-1-2-4-18(15)21-17/h1-8,14,17,20H,9-12H2. The van der Waals surface area contributed by atoms with Crippen molar-refractivity contribution < 1.29 is 9.84 Å². The van der Waals surface area contributed by atoms with Crippen LogP contribution in [0.5, 0.6) is 5.75 Å². The Bertz CT molecular complexity index is 569. The molecule has 2 unspecified atom stereocenters. The largest absolute Gasteiger partial charge is 0.490 e. The summed E-state index contributed by atoms with van der Waals surface area (Å²) in [5, 5.41) is 10.4. The first-order chi connectivity index (χ1) is 10.2. The summed E-state index contributed by atoms with van der Waals surface area (Å²) >= 11 is 5.90. The SMILES string of the molecule is OCC(Cc1ccc(Cl)cc1)CC1Cc2ccccc2O1. The van der Waals surface area contributed by atoms with Gasteiger partial charge in [-0.1, -0.05) is 41.9 Å². The summed E-state index contributed by atoms with van der Waals surface area (Å²) in [6, 6.07) is 16.0. The fourth-order valence-electron chi connectivity index (χ4n) is 2.93. The van der Waals surface area contributed by atoms with Crippen LogP contribution in [0.2, 0.25) is 5.02 Å². The van der Waals surface area contributed by atoms with Crippen molar-refractivity contribution in [2.24, 2.45) is 5.92 Å². The minimum absolute atomic E-state index is 0.173. The molecule has 1 aliphatic heterocycles. The van der Waals surface area contributed by atoms with E-state index in [9.17, 15) is 5.11 Å². The van der Waals surface area contributed by atoms with Crippen molar-refractivity contribution in [2.75, 3.05) is 6.61 Å². The highest BCUT2D eigenvalue weighted by atomic mass is 35.5. The topological polar surface area (TPSA) is 29.5 Å². The zero-order valence-electron chi connectivity index (χ0n) is 11.8. The average molecular weight is 303 g/mol. The Balaban J connectivity index is 1.60. The number of para-hydroxylation sites is 1. The van der Waals surface area contributed by atoms with Gasteiger partial charge in [-0.05, 0) is 48.1 Å². The predicted molar refractivity (Wildman–Crippen MR) is 84.9 cm³/mol. The smallest absolute Gasteiger partial charge is 0.123 e. The lowest BCUT2D eigenvalue weighted by atomic mass is 9.93. The minimum atomic E-state index is 0.173. The molecule has 1 aliphatic rings. The van der Waals surface area contributed by atoms with Crippen LogP contribution < -0.4 is 4.74 Å². The molecule has 0 amide bonds. The van der Waals surface area contributed by atoms with Gasteiger partial charge in [0.25, 0.3) is 0 Å². The molecule has 21 heavy (non-hydrogen) atoms. The van der Waals surface area contributed by atoms with Crippen LogP contribution in [-0.2, 0) is 12.8 Å². The second-order valence-electron chi connectivity index (χ2n) is 5.67. The zero-order chi connectivity index (χ0) is 14.7. The van der Waals surface area contributed by atoms with E-state index >= 15 is 0 Å². The molecule has 0 bridgehead atoms. The summed E-state index contributed by atoms with van der Waals surface area (Å²) in [7, 11) is 0. The molecule has 0 aromatic heterocycles. The summed E-state index contributed by atoms with van der Waals surface area (Å²) in [5.74, 6) is 1.20. The number of rotatable bonds is 5. The number of aliphatic hydroxyl groups excluding tert-OH is 1. The minimum Gasteiger partial charge on any atom is -0.490 e. The van der Waals surface area contributed by atoms with Crippen LogP contribution in [0.1, 0.15) is 17.5 Å². The molecule has 3 heteroatoms. The van der Waals surface area contributed by atoms with Crippen LogP contribution in [0.4, 0.5) is 0 Å². The summed E-state index contributed by atoms with van der Waals surface area (Å²) in [6.07, 6.45) is 2.83. The molecule has 0 saturated heterocycles. The Hall–Kier alpha value is -1.51. The third kappa shape index (κ3) is 3.58. The lowest BCUT2D eigenvalue weighted by Gasteiger charge is -2.18. The highest BCUT2D eigenvalue weighted by Gasteiger charge is 2.25. The van der Waals surface area contributed by atoms with E-state index in [0.29, 0.717) is 0 Å². The van der Waals surface area contributed by atoms with Crippen LogP contribution in [0.25, 0.3) is 0 Å². The molecule has 3 rings (SSSR count). The number of benzene rings is 2. The molecule has 1 heterocycles. The number of halogens is 1. The lowest BCUT2D eigenvalue weighted by molar-refractivity contribution is 0.149. The first-order valence-corrected chi connectivity index (χ1v) is 7.72. The van der Waals surface area contributed by atoms with Crippen molar-refractivity contribution in [2.45, 2.75) is 25.4 Å². The van der Waals surface area contributed by atoms with Crippen molar-refractivity contribution in [3.63, 3.8) is 0 Å². The van der Waals surface area contributed by atoms with Gasteiger partial charge in [0.1, 0.15) is 11.9 Å². The van der Waals surface area contributed by atoms with Crippen molar-refractivity contribution >= 4 is 11.6 Å². The Morgan fingerprint density at radius 2 is 1.90 bits per heavy atom. The molecule has 110 valence electrons. The van der Waals surface area contributed by atoms with Gasteiger partial charge in [-0.3, -0.25) is 0 Å². The molecule has 2 nitrogen and oxygen atoms in total. The van der Waals surface area contributed by atoms with E-state index in [1.807, 2.05) is 42.5 Å². The van der Waals surface area contributed by atoms with Crippen molar-refractivity contribution in [3.8, 4) is 5.75 Å². The Morgan fingerprint density at radius 3 is 2.62 bits per heavy atom. The fourth-order valence-corrected chi connectivity index (χ4v) is 3.06. The third-order valence-electron chi connectivity index (χ3n) is 4.01. The predicted octanol–water partition coefficient (Wildman–Crippen LogP) is 3.88. The maximum absolute atomic E-state index is 9.64. The van der Waals surface area contributed by atoms with Gasteiger partial charge in [-0.15, -0.1) is 0 Å². The van der Waals surface area contributed by atoms with E-state index in [0.717, 1.165) is 30.0 Å². The van der Waals surface area contributed by atoms with Gasteiger partial charge < -0.3 is 9.84 Å². The molecule has 0 saturated carbocycles. The maximum atomic E-state index is 9.64. The molecule has 2 atom stereocenters. The third-order valence-corrected chi connectivity index (χ3v) is 4.26. The van der Waals surface area contributed by atoms with Gasteiger partial charge in [0.15, 0.2) is 0 Å². The first kappa shape index (κ1) is 14.4. The van der Waals surface area contributed by atoms with Gasteiger partial charge in [0.2, 0.25) is 0 Å². The second kappa shape index (κ2) is 6.50. The highest BCUT2D eigenvalue weighted by molar-refractivity contribution is 6.30. The van der Waals surface area contributed by atoms with E-state index in [4.69, 9.17) is 16.3 Å². The quantitative estimate of drug-likeness (QED) is 0.908. The summed E-state index contributed by atoms with van der Waals surface area (Å²) in [4.78, 5) is 0. The molecular weight excluding hydrogens is 284 g/mol. The van der Waals surface area contributed by atoms with E-state index in [1.165, 1.54) is 11.1 Å². The fraction of sp³-hybridized carbons (Fsp3) is 0.333. The van der Waals surface area contributed by atoms with Gasteiger partial charge in [-0.25, -0.2) is 0 Å². The molecule has 0 spiro atoms. The average Bonchev–Trinajstić information content (AvgIpc) is 2.91. The van der Waals surface area contributed by atoms with Crippen LogP contribution >= 0.6 is 11.6 Å². The maximum Gasteiger partial charge on any atom is 0.123 e. The number of fused-ring (bicyclic) bond motifs is 1. The van der Waals surface area contributed by atoms with E-state index < -0.39 is 0 Å². The van der Waals surface area contributed by atoms with Crippen molar-refractivity contribution in [1.29, 1.82) is 0 Å². The van der Waals surface area contributed by atoms with Crippen LogP contribution in [0.3, 0.4) is 0 Å². The van der Waals surface area contributed by atoms with E-state index in [1.54, 1.807) is 0 Å². The Morgan fingerprint density at radius 1 is 1.14 bits per heavy atom. The van der Waals surface area contributed by atoms with Crippen molar-refractivity contribution in [3.05, 3.63) is 64.7 Å². The second-order valence-corrected chi connectivity index (χ2v) is 6.10. The molecule has 2 aromatic carbocycles. The van der Waals surface area contributed by atoms with Gasteiger partial charge in [-0.2, -0.15) is 0 Å². The number of hydrogen-bond donors (Lipinski definition) is 1. The molecule has 1 N–H and O–H groups in total. The highest BCUT2D eigenvalue weighted by Crippen LogP contribution is 2.31. The number of hydrogen-bond acceptors (Lipinski definition) is 2. The summed E-state index contributed by atoms with van der Waals surface area (Å²) in [6.45, 7) is 0.179. The van der Waals surface area contributed by atoms with Gasteiger partial charge in [0.05, 0.1) is 0 Å². The molecule has 2 aromatic rings. The number of ether oxygens (including phenoxy) is 1. The summed E-state index contributed by atoms with van der Waals surface area (Å²) < 4.78 is 5.96. The van der Waals surface area contributed by atoms with Crippen LogP contribution in [0, 0.1) is 5.92 Å². The molecular formula is C18H19ClO2. The van der Waals surface area contributed by atoms with Crippen LogP contribution in [0.15, 0.2) is 48.5 Å². The van der Waals surface area contributed by atoms with Gasteiger partial charge in [0, 0.05) is 18.1 Å². The first-order valence-electron chi connectivity index (χ1n) is 7.34. The normalized spacial score (nSPS) is 18.1. The lowest BCUT2D eigenvalue weighted by Crippen LogP contribution is -2.22. The zero-order valence-corrected chi connectivity index (χ0v) is 12.6. The van der Waals surface area contributed by atoms with E-state index in [-0.39, 0.29) is 18.6 Å². The molecule has 0 aliphatic carbocycles. The van der Waals surface area contributed by atoms with Crippen LogP contribution in [-0.4, -0.2) is 17.8 Å². The Labute approximate surface area is 130 Å². The van der Waals surface area contributed by atoms with Crippen molar-refractivity contribution in [1.82, 2.24) is 0 Å². The number of aliphatic hydroxyl groups is 1.